The number of ether oxygens (including phenoxy) is 1. The van der Waals surface area contributed by atoms with Gasteiger partial charge in [0.1, 0.15) is 22.7 Å². The van der Waals surface area contributed by atoms with Gasteiger partial charge in [-0.05, 0) is 37.4 Å². The molecule has 148 valence electrons. The number of hydrogen-bond acceptors (Lipinski definition) is 7. The minimum atomic E-state index is -0.384. The molecule has 0 aliphatic heterocycles. The van der Waals surface area contributed by atoms with E-state index in [-0.39, 0.29) is 11.8 Å². The number of hydrogen-bond donors (Lipinski definition) is 3. The van der Waals surface area contributed by atoms with Gasteiger partial charge in [0.05, 0.1) is 18.5 Å². The van der Waals surface area contributed by atoms with Gasteiger partial charge in [-0.25, -0.2) is 4.98 Å². The van der Waals surface area contributed by atoms with Crippen molar-refractivity contribution < 1.29 is 14.1 Å². The van der Waals surface area contributed by atoms with Crippen LogP contribution in [0.2, 0.25) is 0 Å². The van der Waals surface area contributed by atoms with Crippen molar-refractivity contribution in [3.05, 3.63) is 77.8 Å². The molecule has 8 nitrogen and oxygen atoms in total. The average Bonchev–Trinajstić information content (AvgIpc) is 3.14. The molecule has 1 amide bonds. The Labute approximate surface area is 167 Å². The van der Waals surface area contributed by atoms with Crippen LogP contribution in [0.5, 0.6) is 5.88 Å². The van der Waals surface area contributed by atoms with Gasteiger partial charge in [0.2, 0.25) is 5.88 Å². The molecule has 8 heteroatoms. The first-order chi connectivity index (χ1) is 14.0. The number of benzene rings is 1. The Balaban J connectivity index is 1.91. The van der Waals surface area contributed by atoms with Gasteiger partial charge in [-0.1, -0.05) is 35.5 Å². The molecular formula is C21H21N5O3. The summed E-state index contributed by atoms with van der Waals surface area (Å²) in [5, 5.41) is 6.84. The van der Waals surface area contributed by atoms with Crippen LogP contribution in [0.15, 0.2) is 65.3 Å². The summed E-state index contributed by atoms with van der Waals surface area (Å²) in [4.78, 5) is 17.3. The number of pyridine rings is 1. The lowest BCUT2D eigenvalue weighted by atomic mass is 10.1. The maximum atomic E-state index is 13.0. The lowest BCUT2D eigenvalue weighted by Crippen LogP contribution is -2.15. The molecule has 0 radical (unpaired) electrons. The van der Waals surface area contributed by atoms with Gasteiger partial charge in [0.15, 0.2) is 0 Å². The Morgan fingerprint density at radius 1 is 1.21 bits per heavy atom. The molecule has 5 N–H and O–H groups in total. The minimum absolute atomic E-state index is 0.222. The summed E-state index contributed by atoms with van der Waals surface area (Å²) in [5.41, 5.74) is 14.2. The zero-order chi connectivity index (χ0) is 20.8. The Bertz CT molecular complexity index is 1070. The Morgan fingerprint density at radius 3 is 2.66 bits per heavy atom. The third kappa shape index (κ3) is 4.27. The van der Waals surface area contributed by atoms with E-state index in [1.54, 1.807) is 31.2 Å². The third-order valence-corrected chi connectivity index (χ3v) is 4.12. The second-order valence-corrected chi connectivity index (χ2v) is 6.04. The number of nitrogens with one attached hydrogen (secondary N) is 1. The first-order valence-corrected chi connectivity index (χ1v) is 8.77. The number of nitrogens with two attached hydrogens (primary N) is 2. The molecule has 2 heterocycles. The van der Waals surface area contributed by atoms with Crippen molar-refractivity contribution in [1.82, 2.24) is 10.1 Å². The predicted octanol–water partition coefficient (Wildman–Crippen LogP) is 3.08. The molecule has 29 heavy (non-hydrogen) atoms. The highest BCUT2D eigenvalue weighted by atomic mass is 16.5. The standard InChI is InChI=1S/C21H21N5O3/c1-13-18(19(26-29-13)14-7-4-3-5-8-14)20(27)24-17-11-10-16(25-21(17)28-2)15(23)9-6-12-22/h3-12H,22-23H2,1-2H3,(H,24,27)/b12-6-,15-9-. The molecule has 0 aliphatic carbocycles. The number of aryl methyl sites for hydroxylation is 1. The van der Waals surface area contributed by atoms with Crippen molar-refractivity contribution in [1.29, 1.82) is 0 Å². The van der Waals surface area contributed by atoms with E-state index in [4.69, 9.17) is 20.7 Å². The average molecular weight is 391 g/mol. The van der Waals surface area contributed by atoms with Crippen molar-refractivity contribution in [3.8, 4) is 17.1 Å². The number of carbonyl (C=O) groups is 1. The summed E-state index contributed by atoms with van der Waals surface area (Å²) in [7, 11) is 1.46. The van der Waals surface area contributed by atoms with Crippen LogP contribution < -0.4 is 21.5 Å². The van der Waals surface area contributed by atoms with E-state index < -0.39 is 0 Å². The summed E-state index contributed by atoms with van der Waals surface area (Å²) in [6.45, 7) is 1.68. The number of allylic oxidation sites excluding steroid dienone is 2. The van der Waals surface area contributed by atoms with Crippen molar-refractivity contribution >= 4 is 17.3 Å². The Morgan fingerprint density at radius 2 is 1.97 bits per heavy atom. The quantitative estimate of drug-likeness (QED) is 0.551. The van der Waals surface area contributed by atoms with Gasteiger partial charge in [-0.15, -0.1) is 0 Å². The second kappa shape index (κ2) is 8.75. The normalized spacial score (nSPS) is 11.6. The summed E-state index contributed by atoms with van der Waals surface area (Å²) in [6.07, 6.45) is 4.58. The largest absolute Gasteiger partial charge is 0.479 e. The van der Waals surface area contributed by atoms with Gasteiger partial charge >= 0.3 is 0 Å². The van der Waals surface area contributed by atoms with Crippen LogP contribution >= 0.6 is 0 Å². The third-order valence-electron chi connectivity index (χ3n) is 4.12. The van der Waals surface area contributed by atoms with Crippen LogP contribution in [-0.2, 0) is 0 Å². The maximum absolute atomic E-state index is 13.0. The van der Waals surface area contributed by atoms with Crippen molar-refractivity contribution in [3.63, 3.8) is 0 Å². The molecule has 0 bridgehead atoms. The second-order valence-electron chi connectivity index (χ2n) is 6.04. The SMILES string of the molecule is COc1nc(/C(N)=C/C=C\N)ccc1NC(=O)c1c(-c2ccccc2)noc1C. The molecule has 2 aromatic heterocycles. The number of rotatable bonds is 6. The molecule has 0 spiro atoms. The number of amides is 1. The lowest BCUT2D eigenvalue weighted by Gasteiger charge is -2.11. The van der Waals surface area contributed by atoms with Crippen LogP contribution in [0.4, 0.5) is 5.69 Å². The molecular weight excluding hydrogens is 370 g/mol. The number of methoxy groups -OCH3 is 1. The number of anilines is 1. The first kappa shape index (κ1) is 19.7. The van der Waals surface area contributed by atoms with Crippen LogP contribution in [0, 0.1) is 6.92 Å². The van der Waals surface area contributed by atoms with E-state index in [0.717, 1.165) is 5.56 Å². The van der Waals surface area contributed by atoms with Crippen LogP contribution in [0.3, 0.4) is 0 Å². The van der Waals surface area contributed by atoms with Crippen molar-refractivity contribution in [2.45, 2.75) is 6.92 Å². The monoisotopic (exact) mass is 391 g/mol. The summed E-state index contributed by atoms with van der Waals surface area (Å²) in [6, 6.07) is 12.7. The summed E-state index contributed by atoms with van der Waals surface area (Å²) in [5.74, 6) is 0.245. The van der Waals surface area contributed by atoms with Crippen LogP contribution in [-0.4, -0.2) is 23.2 Å². The molecule has 0 unspecified atom stereocenters. The van der Waals surface area contributed by atoms with Crippen LogP contribution in [0.25, 0.3) is 17.0 Å². The van der Waals surface area contributed by atoms with Gasteiger partial charge in [-0.3, -0.25) is 4.79 Å². The number of nitrogens with zero attached hydrogens (tertiary/aromatic N) is 2. The molecule has 3 rings (SSSR count). The minimum Gasteiger partial charge on any atom is -0.479 e. The fourth-order valence-electron chi connectivity index (χ4n) is 2.71. The molecule has 0 atom stereocenters. The highest BCUT2D eigenvalue weighted by molar-refractivity contribution is 6.09. The fraction of sp³-hybridized carbons (Fsp3) is 0.0952. The topological polar surface area (TPSA) is 129 Å². The smallest absolute Gasteiger partial charge is 0.261 e. The van der Waals surface area contributed by atoms with E-state index in [0.29, 0.717) is 34.1 Å². The molecule has 0 saturated heterocycles. The molecule has 0 aliphatic rings. The fourth-order valence-corrected chi connectivity index (χ4v) is 2.71. The van der Waals surface area contributed by atoms with E-state index in [1.807, 2.05) is 30.3 Å². The maximum Gasteiger partial charge on any atom is 0.261 e. The number of aromatic nitrogens is 2. The van der Waals surface area contributed by atoms with E-state index in [1.165, 1.54) is 13.3 Å². The lowest BCUT2D eigenvalue weighted by molar-refractivity contribution is 0.102. The predicted molar refractivity (Wildman–Crippen MR) is 111 cm³/mol. The van der Waals surface area contributed by atoms with Gasteiger partial charge < -0.3 is 26.0 Å². The van der Waals surface area contributed by atoms with Crippen molar-refractivity contribution in [2.24, 2.45) is 11.5 Å². The Kier molecular flexibility index (Phi) is 5.94. The van der Waals surface area contributed by atoms with Gasteiger partial charge in [0, 0.05) is 5.56 Å². The zero-order valence-corrected chi connectivity index (χ0v) is 16.0. The van der Waals surface area contributed by atoms with Gasteiger partial charge in [-0.2, -0.15) is 0 Å². The molecule has 3 aromatic rings. The summed E-state index contributed by atoms with van der Waals surface area (Å²) < 4.78 is 10.6. The van der Waals surface area contributed by atoms with Crippen molar-refractivity contribution in [2.75, 3.05) is 12.4 Å². The molecule has 0 saturated carbocycles. The molecule has 1 aromatic carbocycles. The van der Waals surface area contributed by atoms with E-state index >= 15 is 0 Å². The Hall–Kier alpha value is -4.07. The van der Waals surface area contributed by atoms with Crippen LogP contribution in [0.1, 0.15) is 21.8 Å². The zero-order valence-electron chi connectivity index (χ0n) is 16.0. The highest BCUT2D eigenvalue weighted by Gasteiger charge is 2.23. The van der Waals surface area contributed by atoms with Gasteiger partial charge in [0.25, 0.3) is 5.91 Å². The number of carbonyl (C=O) groups excluding carboxylic acids is 1. The molecule has 0 fully saturated rings. The van der Waals surface area contributed by atoms with E-state index in [2.05, 4.69) is 15.5 Å². The highest BCUT2D eigenvalue weighted by Crippen LogP contribution is 2.28. The first-order valence-electron chi connectivity index (χ1n) is 8.77. The van der Waals surface area contributed by atoms with E-state index in [9.17, 15) is 4.79 Å². The summed E-state index contributed by atoms with van der Waals surface area (Å²) >= 11 is 0.